The number of hydrogen-bond donors (Lipinski definition) is 2. The van der Waals surface area contributed by atoms with Crippen LogP contribution >= 0.6 is 0 Å². The Hall–Kier alpha value is -3.09. The Morgan fingerprint density at radius 2 is 1.35 bits per heavy atom. The summed E-state index contributed by atoms with van der Waals surface area (Å²) in [5, 5.41) is 0. The highest BCUT2D eigenvalue weighted by Crippen LogP contribution is 2.05. The average molecular weight is 349 g/mol. The van der Waals surface area contributed by atoms with Gasteiger partial charge in [-0.25, -0.2) is 15.0 Å². The summed E-state index contributed by atoms with van der Waals surface area (Å²) in [5.74, 6) is 0. The number of aliphatic imine (C=N–C) groups is 2. The predicted octanol–water partition coefficient (Wildman–Crippen LogP) is 2.63. The molecule has 7 heteroatoms. The molecule has 0 aliphatic carbocycles. The van der Waals surface area contributed by atoms with Crippen LogP contribution in [0.5, 0.6) is 0 Å². The van der Waals surface area contributed by atoms with Gasteiger partial charge in [0.05, 0.1) is 35.5 Å². The largest absolute Gasteiger partial charge is 0.348 e. The zero-order chi connectivity index (χ0) is 18.2. The van der Waals surface area contributed by atoms with Crippen molar-refractivity contribution in [2.45, 2.75) is 26.7 Å². The molecule has 0 saturated carbocycles. The van der Waals surface area contributed by atoms with E-state index < -0.39 is 0 Å². The van der Waals surface area contributed by atoms with E-state index in [1.54, 1.807) is 12.7 Å². The number of H-pyrrole nitrogens is 2. The summed E-state index contributed by atoms with van der Waals surface area (Å²) >= 11 is 0. The van der Waals surface area contributed by atoms with Crippen LogP contribution in [0.3, 0.4) is 0 Å². The van der Waals surface area contributed by atoms with E-state index in [9.17, 15) is 0 Å². The van der Waals surface area contributed by atoms with Crippen LogP contribution < -0.4 is 0 Å². The SMILES string of the molecule is CC(=NCCc1cnc[nH]1)c1cccc(C(C)=NCCc2cnc[nH]2)n1. The molecule has 7 nitrogen and oxygen atoms in total. The Labute approximate surface area is 152 Å². The molecule has 134 valence electrons. The predicted molar refractivity (Wildman–Crippen MR) is 103 cm³/mol. The lowest BCUT2D eigenvalue weighted by Crippen LogP contribution is -2.07. The van der Waals surface area contributed by atoms with Gasteiger partial charge in [-0.1, -0.05) is 6.07 Å². The summed E-state index contributed by atoms with van der Waals surface area (Å²) in [6.45, 7) is 5.39. The van der Waals surface area contributed by atoms with E-state index in [0.29, 0.717) is 13.1 Å². The molecular weight excluding hydrogens is 326 g/mol. The van der Waals surface area contributed by atoms with Crippen molar-refractivity contribution in [1.82, 2.24) is 24.9 Å². The zero-order valence-corrected chi connectivity index (χ0v) is 15.1. The quantitative estimate of drug-likeness (QED) is 0.612. The molecule has 0 fully saturated rings. The highest BCUT2D eigenvalue weighted by atomic mass is 14.9. The first-order valence-electron chi connectivity index (χ1n) is 8.67. The van der Waals surface area contributed by atoms with E-state index in [4.69, 9.17) is 4.98 Å². The number of nitrogens with one attached hydrogen (secondary N) is 2. The molecule has 0 saturated heterocycles. The van der Waals surface area contributed by atoms with Crippen molar-refractivity contribution in [2.24, 2.45) is 9.98 Å². The lowest BCUT2D eigenvalue weighted by molar-refractivity contribution is 0.931. The minimum absolute atomic E-state index is 0.706. The number of hydrogen-bond acceptors (Lipinski definition) is 5. The molecule has 0 atom stereocenters. The monoisotopic (exact) mass is 349 g/mol. The summed E-state index contributed by atoms with van der Waals surface area (Å²) in [6.07, 6.45) is 8.70. The fourth-order valence-corrected chi connectivity index (χ4v) is 2.53. The third kappa shape index (κ3) is 4.95. The van der Waals surface area contributed by atoms with Crippen molar-refractivity contribution in [1.29, 1.82) is 0 Å². The number of aromatic amines is 2. The van der Waals surface area contributed by atoms with Gasteiger partial charge in [-0.15, -0.1) is 0 Å². The van der Waals surface area contributed by atoms with Gasteiger partial charge in [0.1, 0.15) is 0 Å². The molecule has 0 aromatic carbocycles. The minimum Gasteiger partial charge on any atom is -0.348 e. The van der Waals surface area contributed by atoms with Gasteiger partial charge >= 0.3 is 0 Å². The van der Waals surface area contributed by atoms with Crippen molar-refractivity contribution >= 4 is 11.4 Å². The third-order valence-corrected chi connectivity index (χ3v) is 4.06. The van der Waals surface area contributed by atoms with Gasteiger partial charge in [0, 0.05) is 49.7 Å². The molecule has 0 spiro atoms. The Kier molecular flexibility index (Phi) is 6.03. The molecule has 0 amide bonds. The van der Waals surface area contributed by atoms with Crippen molar-refractivity contribution < 1.29 is 0 Å². The molecular formula is C19H23N7. The van der Waals surface area contributed by atoms with Crippen LogP contribution in [0.25, 0.3) is 0 Å². The average Bonchev–Trinajstić information content (AvgIpc) is 3.35. The first-order chi connectivity index (χ1) is 12.7. The van der Waals surface area contributed by atoms with E-state index in [0.717, 1.165) is 47.0 Å². The lowest BCUT2D eigenvalue weighted by atomic mass is 10.2. The number of rotatable bonds is 8. The van der Waals surface area contributed by atoms with Crippen molar-refractivity contribution in [2.75, 3.05) is 13.1 Å². The van der Waals surface area contributed by atoms with Gasteiger partial charge in [0.15, 0.2) is 0 Å². The van der Waals surface area contributed by atoms with Gasteiger partial charge in [-0.2, -0.15) is 0 Å². The molecule has 26 heavy (non-hydrogen) atoms. The topological polar surface area (TPSA) is 95.0 Å². The van der Waals surface area contributed by atoms with Crippen molar-refractivity contribution in [3.8, 4) is 0 Å². The van der Waals surface area contributed by atoms with Gasteiger partial charge in [-0.3, -0.25) is 9.98 Å². The second kappa shape index (κ2) is 8.84. The summed E-state index contributed by atoms with van der Waals surface area (Å²) in [6, 6.07) is 5.96. The Balaban J connectivity index is 1.60. The molecule has 3 rings (SSSR count). The number of aromatic nitrogens is 5. The molecule has 0 aliphatic heterocycles. The molecule has 2 N–H and O–H groups in total. The lowest BCUT2D eigenvalue weighted by Gasteiger charge is -2.05. The van der Waals surface area contributed by atoms with Crippen LogP contribution in [0.4, 0.5) is 0 Å². The second-order valence-electron chi connectivity index (χ2n) is 6.00. The molecule has 0 unspecified atom stereocenters. The summed E-state index contributed by atoms with van der Waals surface area (Å²) in [5.41, 5.74) is 5.80. The van der Waals surface area contributed by atoms with Gasteiger partial charge in [0.25, 0.3) is 0 Å². The maximum Gasteiger partial charge on any atom is 0.0921 e. The Morgan fingerprint density at radius 3 is 1.77 bits per heavy atom. The smallest absolute Gasteiger partial charge is 0.0921 e. The maximum atomic E-state index is 4.70. The number of nitrogens with zero attached hydrogens (tertiary/aromatic N) is 5. The molecule has 3 heterocycles. The minimum atomic E-state index is 0.706. The third-order valence-electron chi connectivity index (χ3n) is 4.06. The fourth-order valence-electron chi connectivity index (χ4n) is 2.53. The molecule has 3 aromatic rings. The van der Waals surface area contributed by atoms with Crippen molar-refractivity contribution in [3.05, 3.63) is 66.0 Å². The molecule has 0 bridgehead atoms. The van der Waals surface area contributed by atoms with Gasteiger partial charge < -0.3 is 9.97 Å². The number of pyridine rings is 1. The first-order valence-corrected chi connectivity index (χ1v) is 8.67. The highest BCUT2D eigenvalue weighted by molar-refractivity contribution is 6.00. The van der Waals surface area contributed by atoms with E-state index in [2.05, 4.69) is 29.9 Å². The number of imidazole rings is 2. The van der Waals surface area contributed by atoms with Crippen LogP contribution in [-0.4, -0.2) is 49.4 Å². The summed E-state index contributed by atoms with van der Waals surface area (Å²) in [7, 11) is 0. The standard InChI is InChI=1S/C19H23N7/c1-14(22-8-6-16-10-20-12-24-16)18-4-3-5-19(26-18)15(2)23-9-7-17-11-21-13-25-17/h3-5,10-13H,6-9H2,1-2H3,(H,20,24)(H,21,25). The maximum absolute atomic E-state index is 4.70. The molecule has 0 aliphatic rings. The van der Waals surface area contributed by atoms with Crippen LogP contribution in [0.2, 0.25) is 0 Å². The highest BCUT2D eigenvalue weighted by Gasteiger charge is 2.04. The molecule has 3 aromatic heterocycles. The Morgan fingerprint density at radius 1 is 0.846 bits per heavy atom. The molecule has 0 radical (unpaired) electrons. The summed E-state index contributed by atoms with van der Waals surface area (Å²) in [4.78, 5) is 28.1. The van der Waals surface area contributed by atoms with Crippen LogP contribution in [0.1, 0.15) is 36.6 Å². The van der Waals surface area contributed by atoms with E-state index >= 15 is 0 Å². The van der Waals surface area contributed by atoms with Crippen LogP contribution in [0.15, 0.2) is 53.2 Å². The fraction of sp³-hybridized carbons (Fsp3) is 0.316. The van der Waals surface area contributed by atoms with Crippen LogP contribution in [-0.2, 0) is 12.8 Å². The normalized spacial score (nSPS) is 12.5. The van der Waals surface area contributed by atoms with Crippen molar-refractivity contribution in [3.63, 3.8) is 0 Å². The van der Waals surface area contributed by atoms with E-state index in [-0.39, 0.29) is 0 Å². The summed E-state index contributed by atoms with van der Waals surface area (Å²) < 4.78 is 0. The first kappa shape index (κ1) is 17.7. The Bertz CT molecular complexity index is 792. The zero-order valence-electron chi connectivity index (χ0n) is 15.1. The van der Waals surface area contributed by atoms with E-state index in [1.165, 1.54) is 0 Å². The van der Waals surface area contributed by atoms with E-state index in [1.807, 2.05) is 44.4 Å². The van der Waals surface area contributed by atoms with Crippen LogP contribution in [0, 0.1) is 0 Å². The second-order valence-corrected chi connectivity index (χ2v) is 6.00. The van der Waals surface area contributed by atoms with Gasteiger partial charge in [0.2, 0.25) is 0 Å². The van der Waals surface area contributed by atoms with Gasteiger partial charge in [-0.05, 0) is 26.0 Å².